The summed E-state index contributed by atoms with van der Waals surface area (Å²) in [5.41, 5.74) is 4.36. The quantitative estimate of drug-likeness (QED) is 0.270. The number of hydrogen-bond donors (Lipinski definition) is 2. The first-order valence-electron chi connectivity index (χ1n) is 12.0. The summed E-state index contributed by atoms with van der Waals surface area (Å²) in [4.78, 5) is 39.4. The van der Waals surface area contributed by atoms with Crippen LogP contribution in [0.3, 0.4) is 0 Å². The molecule has 0 saturated carbocycles. The zero-order valence-corrected chi connectivity index (χ0v) is 20.9. The van der Waals surface area contributed by atoms with Crippen molar-refractivity contribution in [1.29, 1.82) is 0 Å². The van der Waals surface area contributed by atoms with Crippen molar-refractivity contribution in [2.24, 2.45) is 5.10 Å². The van der Waals surface area contributed by atoms with E-state index >= 15 is 0 Å². The van der Waals surface area contributed by atoms with Crippen molar-refractivity contribution in [2.45, 2.75) is 6.61 Å². The van der Waals surface area contributed by atoms with Crippen molar-refractivity contribution in [3.63, 3.8) is 0 Å². The second kappa shape index (κ2) is 13.0. The second-order valence-corrected chi connectivity index (χ2v) is 8.29. The molecule has 1 aliphatic rings. The molecule has 0 radical (unpaired) electrons. The number of hydrogen-bond acceptors (Lipinski definition) is 7. The fourth-order valence-corrected chi connectivity index (χ4v) is 3.73. The summed E-state index contributed by atoms with van der Waals surface area (Å²) in [5, 5.41) is 6.37. The molecule has 3 aromatic rings. The Morgan fingerprint density at radius 2 is 1.68 bits per heavy atom. The highest BCUT2D eigenvalue weighted by Gasteiger charge is 2.23. The number of morpholine rings is 1. The van der Waals surface area contributed by atoms with Crippen LogP contribution in [-0.2, 0) is 20.9 Å². The Hall–Kier alpha value is -4.70. The van der Waals surface area contributed by atoms with Crippen LogP contribution in [0.1, 0.15) is 21.5 Å². The number of carbonyl (C=O) groups excluding carboxylic acids is 3. The summed E-state index contributed by atoms with van der Waals surface area (Å²) in [5.74, 6) is -1.12. The molecule has 2 N–H and O–H groups in total. The normalized spacial score (nSPS) is 13.1. The lowest BCUT2D eigenvalue weighted by atomic mass is 10.1. The Bertz CT molecular complexity index is 1310. The third-order valence-corrected chi connectivity index (χ3v) is 5.71. The number of ether oxygens (including phenoxy) is 3. The van der Waals surface area contributed by atoms with Gasteiger partial charge in [0.1, 0.15) is 6.61 Å². The van der Waals surface area contributed by atoms with E-state index < -0.39 is 11.8 Å². The molecule has 10 heteroatoms. The molecule has 0 aromatic heterocycles. The highest BCUT2D eigenvalue weighted by molar-refractivity contribution is 6.40. The molecular formula is C28H28N4O6. The van der Waals surface area contributed by atoms with Crippen LogP contribution in [0.15, 0.2) is 77.9 Å². The number of rotatable bonds is 8. The molecule has 10 nitrogen and oxygen atoms in total. The van der Waals surface area contributed by atoms with Crippen molar-refractivity contribution in [2.75, 3.05) is 38.7 Å². The maximum Gasteiger partial charge on any atom is 0.329 e. The zero-order chi connectivity index (χ0) is 26.7. The highest BCUT2D eigenvalue weighted by Crippen LogP contribution is 2.28. The molecule has 1 fully saturated rings. The van der Waals surface area contributed by atoms with Gasteiger partial charge < -0.3 is 24.4 Å². The highest BCUT2D eigenvalue weighted by atomic mass is 16.5. The van der Waals surface area contributed by atoms with Crippen LogP contribution in [-0.4, -0.2) is 62.2 Å². The number of benzene rings is 3. The molecule has 1 aliphatic heterocycles. The van der Waals surface area contributed by atoms with Crippen LogP contribution < -0.4 is 20.2 Å². The third kappa shape index (κ3) is 6.95. The number of nitrogens with one attached hydrogen (secondary N) is 2. The maximum atomic E-state index is 12.9. The fraction of sp³-hybridized carbons (Fsp3) is 0.214. The lowest BCUT2D eigenvalue weighted by Gasteiger charge is -2.27. The average Bonchev–Trinajstić information content (AvgIpc) is 2.97. The van der Waals surface area contributed by atoms with Gasteiger partial charge in [-0.3, -0.25) is 14.4 Å². The Kier molecular flexibility index (Phi) is 9.03. The van der Waals surface area contributed by atoms with Crippen molar-refractivity contribution >= 4 is 29.6 Å². The van der Waals surface area contributed by atoms with E-state index in [1.54, 1.807) is 54.5 Å². The smallest absolute Gasteiger partial charge is 0.329 e. The van der Waals surface area contributed by atoms with Crippen LogP contribution in [0, 0.1) is 0 Å². The summed E-state index contributed by atoms with van der Waals surface area (Å²) in [6, 6.07) is 21.4. The molecule has 1 heterocycles. The Balaban J connectivity index is 1.36. The Morgan fingerprint density at radius 3 is 2.45 bits per heavy atom. The molecule has 0 unspecified atom stereocenters. The number of para-hydroxylation sites is 1. The maximum absolute atomic E-state index is 12.9. The van der Waals surface area contributed by atoms with Gasteiger partial charge in [0.05, 0.1) is 37.8 Å². The van der Waals surface area contributed by atoms with Crippen molar-refractivity contribution < 1.29 is 28.6 Å². The molecular weight excluding hydrogens is 488 g/mol. The summed E-state index contributed by atoms with van der Waals surface area (Å²) >= 11 is 0. The first-order chi connectivity index (χ1) is 18.5. The van der Waals surface area contributed by atoms with Crippen LogP contribution in [0.4, 0.5) is 5.69 Å². The number of amides is 3. The number of methoxy groups -OCH3 is 1. The molecule has 3 amide bonds. The van der Waals surface area contributed by atoms with Gasteiger partial charge in [-0.05, 0) is 41.5 Å². The van der Waals surface area contributed by atoms with Gasteiger partial charge in [-0.25, -0.2) is 5.43 Å². The molecule has 0 aliphatic carbocycles. The third-order valence-electron chi connectivity index (χ3n) is 5.71. The molecule has 3 aromatic carbocycles. The molecule has 0 spiro atoms. The monoisotopic (exact) mass is 516 g/mol. The van der Waals surface area contributed by atoms with Crippen LogP contribution in [0.5, 0.6) is 11.5 Å². The second-order valence-electron chi connectivity index (χ2n) is 8.29. The van der Waals surface area contributed by atoms with Crippen LogP contribution in [0.2, 0.25) is 0 Å². The summed E-state index contributed by atoms with van der Waals surface area (Å²) < 4.78 is 16.5. The minimum atomic E-state index is -0.982. The van der Waals surface area contributed by atoms with Gasteiger partial charge in [0.2, 0.25) is 0 Å². The zero-order valence-electron chi connectivity index (χ0n) is 20.9. The Morgan fingerprint density at radius 1 is 0.947 bits per heavy atom. The number of carbonyl (C=O) groups is 3. The summed E-state index contributed by atoms with van der Waals surface area (Å²) in [7, 11) is 1.55. The largest absolute Gasteiger partial charge is 0.493 e. The van der Waals surface area contributed by atoms with E-state index in [0.717, 1.165) is 5.56 Å². The molecule has 38 heavy (non-hydrogen) atoms. The van der Waals surface area contributed by atoms with Crippen molar-refractivity contribution in [1.82, 2.24) is 10.3 Å². The molecule has 0 atom stereocenters. The minimum Gasteiger partial charge on any atom is -0.493 e. The van der Waals surface area contributed by atoms with Crippen molar-refractivity contribution in [3.05, 3.63) is 89.5 Å². The van der Waals surface area contributed by atoms with Crippen molar-refractivity contribution in [3.8, 4) is 11.5 Å². The predicted molar refractivity (Wildman–Crippen MR) is 141 cm³/mol. The molecule has 4 rings (SSSR count). The Labute approximate surface area is 220 Å². The summed E-state index contributed by atoms with van der Waals surface area (Å²) in [6.45, 7) is 2.18. The summed E-state index contributed by atoms with van der Waals surface area (Å²) in [6.07, 6.45) is 1.38. The van der Waals surface area contributed by atoms with Gasteiger partial charge in [0.25, 0.3) is 5.91 Å². The van der Waals surface area contributed by atoms with E-state index in [-0.39, 0.29) is 11.6 Å². The van der Waals surface area contributed by atoms with E-state index in [0.29, 0.717) is 55.5 Å². The first-order valence-corrected chi connectivity index (χ1v) is 12.0. The minimum absolute atomic E-state index is 0.239. The predicted octanol–water partition coefficient (Wildman–Crippen LogP) is 2.84. The lowest BCUT2D eigenvalue weighted by molar-refractivity contribution is -0.136. The standard InChI is InChI=1S/C28H28N4O6/c1-36-24-12-11-21(17-25(24)38-19-20-7-3-2-4-8-20)18-29-31-27(34)26(33)30-23-10-6-5-9-22(23)28(35)32-13-15-37-16-14-32/h2-12,17-18H,13-16,19H2,1H3,(H,30,33)(H,31,34)/b29-18-. The van der Waals surface area contributed by atoms with Gasteiger partial charge in [-0.1, -0.05) is 42.5 Å². The molecule has 0 bridgehead atoms. The van der Waals surface area contributed by atoms with E-state index in [9.17, 15) is 14.4 Å². The van der Waals surface area contributed by atoms with E-state index in [2.05, 4.69) is 15.8 Å². The SMILES string of the molecule is COc1ccc(/C=N\NC(=O)C(=O)Nc2ccccc2C(=O)N2CCOCC2)cc1OCc1ccccc1. The average molecular weight is 517 g/mol. The molecule has 1 saturated heterocycles. The number of anilines is 1. The fourth-order valence-electron chi connectivity index (χ4n) is 3.73. The van der Waals surface area contributed by atoms with Gasteiger partial charge in [-0.2, -0.15) is 5.10 Å². The lowest BCUT2D eigenvalue weighted by Crippen LogP contribution is -2.41. The van der Waals surface area contributed by atoms with Gasteiger partial charge in [0, 0.05) is 13.1 Å². The van der Waals surface area contributed by atoms with E-state index in [1.807, 2.05) is 30.3 Å². The molecule has 196 valence electrons. The van der Waals surface area contributed by atoms with Gasteiger partial charge >= 0.3 is 11.8 Å². The van der Waals surface area contributed by atoms with Crippen LogP contribution in [0.25, 0.3) is 0 Å². The van der Waals surface area contributed by atoms with E-state index in [4.69, 9.17) is 14.2 Å². The number of nitrogens with zero attached hydrogens (tertiary/aromatic N) is 2. The first kappa shape index (κ1) is 26.4. The van der Waals surface area contributed by atoms with Crippen LogP contribution >= 0.6 is 0 Å². The topological polar surface area (TPSA) is 119 Å². The van der Waals surface area contributed by atoms with Gasteiger partial charge in [0.15, 0.2) is 11.5 Å². The van der Waals surface area contributed by atoms with Gasteiger partial charge in [-0.15, -0.1) is 0 Å². The van der Waals surface area contributed by atoms with E-state index in [1.165, 1.54) is 6.21 Å². The number of hydrazone groups is 1.